The van der Waals surface area contributed by atoms with E-state index >= 15 is 0 Å². The molecule has 0 radical (unpaired) electrons. The summed E-state index contributed by atoms with van der Waals surface area (Å²) in [5, 5.41) is 13.9. The number of ketones is 2. The molecule has 3 N–H and O–H groups in total. The molecule has 540 valence electrons. The highest BCUT2D eigenvalue weighted by atomic mass is 32.1. The van der Waals surface area contributed by atoms with Gasteiger partial charge < -0.3 is 20.5 Å². The summed E-state index contributed by atoms with van der Waals surface area (Å²) in [6.07, 6.45) is 12.4. The zero-order valence-corrected chi connectivity index (χ0v) is 65.6. The van der Waals surface area contributed by atoms with Gasteiger partial charge in [0.05, 0.1) is 48.2 Å². The molecule has 101 heavy (non-hydrogen) atoms. The minimum Gasteiger partial charge on any atom is -0.317 e. The maximum absolute atomic E-state index is 13.2. The zero-order chi connectivity index (χ0) is 71.8. The molecule has 0 saturated heterocycles. The molecule has 3 atom stereocenters. The molecule has 0 bridgehead atoms. The van der Waals surface area contributed by atoms with Crippen LogP contribution < -0.4 is 16.0 Å². The number of aryl methyl sites for hydroxylation is 2. The fraction of sp³-hybridized carbons (Fsp3) is 0.506. The number of anilines is 1. The van der Waals surface area contributed by atoms with E-state index in [0.29, 0.717) is 79.9 Å². The largest absolute Gasteiger partial charge is 0.416 e. The van der Waals surface area contributed by atoms with Crippen LogP contribution in [0, 0.1) is 25.7 Å². The quantitative estimate of drug-likeness (QED) is 0.0475. The number of rotatable bonds is 26. The van der Waals surface area contributed by atoms with Crippen molar-refractivity contribution in [2.45, 2.75) is 223 Å². The van der Waals surface area contributed by atoms with Crippen molar-refractivity contribution in [1.82, 2.24) is 44.9 Å². The number of hydrogen-bond donors (Lipinski definition) is 3. The van der Waals surface area contributed by atoms with Crippen LogP contribution in [0.25, 0.3) is 68.1 Å². The van der Waals surface area contributed by atoms with E-state index < -0.39 is 11.7 Å². The molecule has 3 unspecified atom stereocenters. The molecule has 0 fully saturated rings. The van der Waals surface area contributed by atoms with Gasteiger partial charge in [-0.2, -0.15) is 13.2 Å². The van der Waals surface area contributed by atoms with Crippen LogP contribution in [-0.2, 0) is 72.3 Å². The highest BCUT2D eigenvalue weighted by molar-refractivity contribution is 7.23. The SMILES string of the molecule is CCC(C)CCCC(=O)Cc1sc2c(c1-c1nc3cc(-n4cnc(C)c4)ccc3s1)CCNC2.CCC(C)CCCC(=O)Cc1sc2c(c1-c1nc3cc(C(F)(F)F)ccc3s1)CCN(C(C)C)C2.CCC(C)NCCC(=O)Nc1sc2c(c1-c1nc3cc(C)ccc3s1)CCN(C(C)C)C2. The van der Waals surface area contributed by atoms with E-state index in [4.69, 9.17) is 9.97 Å². The number of nitrogens with one attached hydrogen (secondary N) is 3. The van der Waals surface area contributed by atoms with E-state index in [9.17, 15) is 27.6 Å². The molecule has 0 spiro atoms. The summed E-state index contributed by atoms with van der Waals surface area (Å²) >= 11 is 10.1. The third kappa shape index (κ3) is 19.0. The lowest BCUT2D eigenvalue weighted by molar-refractivity contribution is -0.137. The summed E-state index contributed by atoms with van der Waals surface area (Å²) in [4.78, 5) is 68.9. The van der Waals surface area contributed by atoms with Crippen molar-refractivity contribution in [3.05, 3.63) is 125 Å². The maximum atomic E-state index is 13.2. The Hall–Kier alpha value is -5.92. The van der Waals surface area contributed by atoms with Crippen molar-refractivity contribution < 1.29 is 27.6 Å². The van der Waals surface area contributed by atoms with Crippen molar-refractivity contribution in [2.24, 2.45) is 11.8 Å². The summed E-state index contributed by atoms with van der Waals surface area (Å²) in [6, 6.07) is 18.0. The fourth-order valence-electron chi connectivity index (χ4n) is 13.3. The van der Waals surface area contributed by atoms with Gasteiger partial charge in [0.25, 0.3) is 0 Å². The van der Waals surface area contributed by atoms with Crippen molar-refractivity contribution in [3.63, 3.8) is 0 Å². The molecule has 13 nitrogen and oxygen atoms in total. The number of benzene rings is 3. The Kier molecular flexibility index (Phi) is 25.9. The molecule has 3 aromatic carbocycles. The van der Waals surface area contributed by atoms with Gasteiger partial charge in [0.15, 0.2) is 0 Å². The number of hydrogen-bond acceptors (Lipinski definition) is 17. The lowest BCUT2D eigenvalue weighted by Gasteiger charge is -2.30. The van der Waals surface area contributed by atoms with Crippen molar-refractivity contribution >= 4 is 121 Å². The average Bonchev–Trinajstić information content (AvgIpc) is 1.62. The lowest BCUT2D eigenvalue weighted by Crippen LogP contribution is -2.35. The number of Topliss-reactive ketones (excluding diaryl/α,β-unsaturated/α-hetero) is 2. The normalized spacial score (nSPS) is 15.1. The van der Waals surface area contributed by atoms with Crippen LogP contribution in [0.4, 0.5) is 18.2 Å². The Morgan fingerprint density at radius 2 is 1.13 bits per heavy atom. The van der Waals surface area contributed by atoms with Gasteiger partial charge in [-0.05, 0) is 176 Å². The molecule has 7 aromatic heterocycles. The van der Waals surface area contributed by atoms with Crippen LogP contribution in [0.15, 0.2) is 67.1 Å². The number of nitrogens with zero attached hydrogens (tertiary/aromatic N) is 7. The van der Waals surface area contributed by atoms with E-state index in [2.05, 4.69) is 148 Å². The number of amides is 1. The fourth-order valence-corrected chi connectivity index (χ4v) is 20.7. The number of thiazole rings is 3. The van der Waals surface area contributed by atoms with Crippen molar-refractivity contribution in [1.29, 1.82) is 0 Å². The number of alkyl halides is 3. The maximum Gasteiger partial charge on any atom is 0.416 e. The second-order valence-corrected chi connectivity index (χ2v) is 35.0. The first-order valence-corrected chi connectivity index (χ1v) is 41.3. The Morgan fingerprint density at radius 1 is 0.604 bits per heavy atom. The third-order valence-electron chi connectivity index (χ3n) is 20.1. The summed E-state index contributed by atoms with van der Waals surface area (Å²) in [6.45, 7) is 32.5. The molecule has 3 aliphatic heterocycles. The minimum atomic E-state index is -4.40. The molecule has 1 amide bonds. The topological polar surface area (TPSA) is 150 Å². The first-order chi connectivity index (χ1) is 48.4. The average molecular weight is 1490 g/mol. The molecule has 0 saturated carbocycles. The van der Waals surface area contributed by atoms with Gasteiger partial charge in [0, 0.05) is 142 Å². The molecule has 0 aliphatic carbocycles. The predicted octanol–water partition coefficient (Wildman–Crippen LogP) is 20.4. The smallest absolute Gasteiger partial charge is 0.317 e. The molecule has 13 rings (SSSR count). The van der Waals surface area contributed by atoms with Crippen molar-refractivity contribution in [3.8, 4) is 37.4 Å². The molecular formula is C79H99F3N10O3S6. The van der Waals surface area contributed by atoms with Gasteiger partial charge in [0.1, 0.15) is 31.6 Å². The summed E-state index contributed by atoms with van der Waals surface area (Å²) in [5.41, 5.74) is 12.4. The number of carbonyl (C=O) groups excluding carboxylic acids is 3. The van der Waals surface area contributed by atoms with Crippen LogP contribution >= 0.6 is 68.0 Å². The lowest BCUT2D eigenvalue weighted by atomic mass is 9.97. The van der Waals surface area contributed by atoms with Crippen LogP contribution in [-0.4, -0.2) is 96.1 Å². The first-order valence-electron chi connectivity index (χ1n) is 36.4. The Bertz CT molecular complexity index is 4510. The Morgan fingerprint density at radius 3 is 1.68 bits per heavy atom. The highest BCUT2D eigenvalue weighted by Crippen LogP contribution is 2.48. The number of aromatic nitrogens is 5. The van der Waals surface area contributed by atoms with Gasteiger partial charge in [-0.3, -0.25) is 24.2 Å². The standard InChI is InChI=1S/C27H33F3N2OS2.C27H32N4OS2.C25H34N4OS2/c1-5-17(4)7-6-8-19(33)14-23-25(20-11-12-32(16(2)3)15-24(20)34-23)26-31-21-13-18(27(28,29)30)9-10-22(21)35-26;1-4-17(2)6-5-7-20(32)13-24-26(21-10-11-28-14-25(21)33-24)27-30-22-12-19(8-9-23(22)34-27)31-15-18(3)29-16-31;1-6-17(5)26-11-9-22(30)28-25-23(18-10-12-29(15(2)3)14-21(18)32-25)24-27-19-13-16(4)7-8-20(19)31-24/h9-10,13,16-17H,5-8,11-12,14-15H2,1-4H3;8-9,12,15-17,28H,4-7,10-11,13-14H2,1-3H3;7-8,13,15,17,26H,6,9-12,14H2,1-5H3,(H,28,30). The minimum absolute atomic E-state index is 0.0679. The zero-order valence-electron chi connectivity index (χ0n) is 60.7. The van der Waals surface area contributed by atoms with Gasteiger partial charge >= 0.3 is 6.18 Å². The summed E-state index contributed by atoms with van der Waals surface area (Å²) < 4.78 is 44.9. The number of carbonyl (C=O) groups is 3. The summed E-state index contributed by atoms with van der Waals surface area (Å²) in [5.74, 6) is 1.98. The Balaban J connectivity index is 0.000000153. The van der Waals surface area contributed by atoms with E-state index in [-0.39, 0.29) is 11.7 Å². The van der Waals surface area contributed by atoms with Crippen LogP contribution in [0.2, 0.25) is 0 Å². The predicted molar refractivity (Wildman–Crippen MR) is 419 cm³/mol. The van der Waals surface area contributed by atoms with Gasteiger partial charge in [-0.1, -0.05) is 66.4 Å². The number of thiophene rings is 3. The second kappa shape index (κ2) is 34.3. The Labute approximate surface area is 618 Å². The molecule has 10 aromatic rings. The highest BCUT2D eigenvalue weighted by Gasteiger charge is 2.34. The molecule has 3 aliphatic rings. The number of imidazole rings is 1. The van der Waals surface area contributed by atoms with E-state index in [1.807, 2.05) is 35.4 Å². The number of halogens is 3. The van der Waals surface area contributed by atoms with Crippen LogP contribution in [0.5, 0.6) is 0 Å². The third-order valence-corrected chi connectivity index (χ3v) is 26.9. The van der Waals surface area contributed by atoms with Crippen molar-refractivity contribution in [2.75, 3.05) is 31.5 Å². The second-order valence-electron chi connectivity index (χ2n) is 28.5. The molecular weight excluding hydrogens is 1390 g/mol. The van der Waals surface area contributed by atoms with E-state index in [1.165, 1.54) is 80.5 Å². The van der Waals surface area contributed by atoms with Gasteiger partial charge in [-0.25, -0.2) is 19.9 Å². The number of fused-ring (bicyclic) bond motifs is 6. The van der Waals surface area contributed by atoms with E-state index in [1.54, 1.807) is 45.3 Å². The molecule has 22 heteroatoms. The van der Waals surface area contributed by atoms with Gasteiger partial charge in [0.2, 0.25) is 5.91 Å². The van der Waals surface area contributed by atoms with Crippen LogP contribution in [0.1, 0.15) is 191 Å². The molecule has 10 heterocycles. The first kappa shape index (κ1) is 76.2. The summed E-state index contributed by atoms with van der Waals surface area (Å²) in [7, 11) is 0. The van der Waals surface area contributed by atoms with Gasteiger partial charge in [-0.15, -0.1) is 68.0 Å². The van der Waals surface area contributed by atoms with E-state index in [0.717, 1.165) is 172 Å². The van der Waals surface area contributed by atoms with Crippen LogP contribution in [0.3, 0.4) is 0 Å². The monoisotopic (exact) mass is 1480 g/mol.